The van der Waals surface area contributed by atoms with Gasteiger partial charge in [-0.05, 0) is 43.3 Å². The Labute approximate surface area is 200 Å². The molecule has 10 heteroatoms. The molecule has 0 aliphatic carbocycles. The van der Waals surface area contributed by atoms with Gasteiger partial charge in [0.2, 0.25) is 11.7 Å². The Balaban J connectivity index is 1.56. The Morgan fingerprint density at radius 3 is 2.65 bits per heavy atom. The quantitative estimate of drug-likeness (QED) is 0.332. The van der Waals surface area contributed by atoms with E-state index in [9.17, 15) is 14.7 Å². The maximum atomic E-state index is 13.2. The normalized spacial score (nSPS) is 11.6. The predicted octanol–water partition coefficient (Wildman–Crippen LogP) is 3.59. The van der Waals surface area contributed by atoms with Crippen molar-refractivity contribution in [3.8, 4) is 5.82 Å². The second-order valence-electron chi connectivity index (χ2n) is 7.46. The number of halogens is 1. The molecule has 0 aliphatic rings. The zero-order chi connectivity index (χ0) is 24.1. The number of imidazole rings is 1. The first-order valence-electron chi connectivity index (χ1n) is 10.4. The standard InChI is InChI=1S/C24H21ClN6O3/c1-15(32)14-28-24-27-9-8-20(30-24)31-11-10-26-22(31)21(33)16-4-3-7-19(13-16)29-23(34)17-5-2-6-18(25)12-17/h2-13,15,32H,14H2,1H3,(H,29,34)(H,27,28,30)/t15-/m0/s1. The van der Waals surface area contributed by atoms with E-state index in [0.29, 0.717) is 33.6 Å². The minimum absolute atomic E-state index is 0.151. The van der Waals surface area contributed by atoms with Crippen LogP contribution in [-0.4, -0.2) is 49.0 Å². The van der Waals surface area contributed by atoms with Gasteiger partial charge in [-0.1, -0.05) is 29.8 Å². The van der Waals surface area contributed by atoms with Gasteiger partial charge in [0, 0.05) is 47.0 Å². The molecule has 9 nitrogen and oxygen atoms in total. The number of ketones is 1. The van der Waals surface area contributed by atoms with E-state index in [-0.39, 0.29) is 24.1 Å². The fourth-order valence-electron chi connectivity index (χ4n) is 3.16. The van der Waals surface area contributed by atoms with Gasteiger partial charge >= 0.3 is 0 Å². The Hall–Kier alpha value is -4.08. The summed E-state index contributed by atoms with van der Waals surface area (Å²) in [7, 11) is 0. The van der Waals surface area contributed by atoms with Gasteiger partial charge < -0.3 is 15.7 Å². The second-order valence-corrected chi connectivity index (χ2v) is 7.90. The lowest BCUT2D eigenvalue weighted by molar-refractivity contribution is 0.101. The molecule has 0 unspecified atom stereocenters. The first-order valence-corrected chi connectivity index (χ1v) is 10.8. The lowest BCUT2D eigenvalue weighted by Crippen LogP contribution is -2.18. The average Bonchev–Trinajstić information content (AvgIpc) is 3.33. The van der Waals surface area contributed by atoms with Crippen LogP contribution in [0.4, 0.5) is 11.6 Å². The van der Waals surface area contributed by atoms with E-state index in [1.807, 2.05) is 0 Å². The van der Waals surface area contributed by atoms with Crippen LogP contribution in [0.5, 0.6) is 0 Å². The number of benzene rings is 2. The van der Waals surface area contributed by atoms with Crippen molar-refractivity contribution in [2.24, 2.45) is 0 Å². The fourth-order valence-corrected chi connectivity index (χ4v) is 3.35. The number of anilines is 2. The van der Waals surface area contributed by atoms with Gasteiger partial charge in [0.15, 0.2) is 5.82 Å². The topological polar surface area (TPSA) is 122 Å². The molecule has 0 saturated carbocycles. The van der Waals surface area contributed by atoms with Crippen molar-refractivity contribution in [3.63, 3.8) is 0 Å². The number of aliphatic hydroxyl groups is 1. The first-order chi connectivity index (χ1) is 16.4. The number of carbonyl (C=O) groups excluding carboxylic acids is 2. The third-order valence-electron chi connectivity index (χ3n) is 4.76. The molecule has 0 fully saturated rings. The molecule has 2 heterocycles. The summed E-state index contributed by atoms with van der Waals surface area (Å²) in [6.45, 7) is 1.93. The second kappa shape index (κ2) is 10.2. The molecule has 2 aromatic heterocycles. The van der Waals surface area contributed by atoms with Gasteiger partial charge in [0.1, 0.15) is 5.82 Å². The Morgan fingerprint density at radius 1 is 1.06 bits per heavy atom. The number of nitrogens with zero attached hydrogens (tertiary/aromatic N) is 4. The molecule has 172 valence electrons. The highest BCUT2D eigenvalue weighted by atomic mass is 35.5. The minimum atomic E-state index is -0.565. The third kappa shape index (κ3) is 5.45. The molecule has 1 amide bonds. The largest absolute Gasteiger partial charge is 0.392 e. The number of nitrogens with one attached hydrogen (secondary N) is 2. The molecule has 0 aliphatic heterocycles. The van der Waals surface area contributed by atoms with Crippen molar-refractivity contribution in [3.05, 3.63) is 95.2 Å². The molecule has 2 aromatic carbocycles. The summed E-state index contributed by atoms with van der Waals surface area (Å²) >= 11 is 5.96. The van der Waals surface area contributed by atoms with Crippen LogP contribution in [0.25, 0.3) is 5.82 Å². The van der Waals surface area contributed by atoms with Crippen LogP contribution in [0.1, 0.15) is 33.5 Å². The van der Waals surface area contributed by atoms with Crippen LogP contribution in [0.3, 0.4) is 0 Å². The lowest BCUT2D eigenvalue weighted by atomic mass is 10.1. The Bertz CT molecular complexity index is 1340. The summed E-state index contributed by atoms with van der Waals surface area (Å²) < 4.78 is 1.55. The van der Waals surface area contributed by atoms with Crippen molar-refractivity contribution in [2.75, 3.05) is 17.2 Å². The van der Waals surface area contributed by atoms with Crippen LogP contribution < -0.4 is 10.6 Å². The molecule has 4 aromatic rings. The van der Waals surface area contributed by atoms with Gasteiger partial charge in [0.05, 0.1) is 6.10 Å². The van der Waals surface area contributed by atoms with Gasteiger partial charge in [-0.2, -0.15) is 4.98 Å². The van der Waals surface area contributed by atoms with Crippen molar-refractivity contribution in [1.29, 1.82) is 0 Å². The van der Waals surface area contributed by atoms with Crippen LogP contribution in [0.15, 0.2) is 73.2 Å². The van der Waals surface area contributed by atoms with Crippen LogP contribution in [0.2, 0.25) is 5.02 Å². The Kier molecular flexibility index (Phi) is 6.95. The average molecular weight is 477 g/mol. The predicted molar refractivity (Wildman–Crippen MR) is 129 cm³/mol. The number of amides is 1. The highest BCUT2D eigenvalue weighted by Crippen LogP contribution is 2.18. The van der Waals surface area contributed by atoms with Crippen molar-refractivity contribution >= 4 is 34.9 Å². The van der Waals surface area contributed by atoms with Crippen LogP contribution >= 0.6 is 11.6 Å². The van der Waals surface area contributed by atoms with Gasteiger partial charge in [-0.25, -0.2) is 9.97 Å². The van der Waals surface area contributed by atoms with Crippen molar-refractivity contribution in [2.45, 2.75) is 13.0 Å². The zero-order valence-electron chi connectivity index (χ0n) is 18.1. The third-order valence-corrected chi connectivity index (χ3v) is 4.99. The number of hydrogen-bond acceptors (Lipinski definition) is 7. The Morgan fingerprint density at radius 2 is 1.85 bits per heavy atom. The maximum absolute atomic E-state index is 13.2. The van der Waals surface area contributed by atoms with E-state index in [1.165, 1.54) is 6.20 Å². The maximum Gasteiger partial charge on any atom is 0.255 e. The summed E-state index contributed by atoms with van der Waals surface area (Å²) in [4.78, 5) is 38.5. The number of carbonyl (C=O) groups is 2. The molecular formula is C24H21ClN6O3. The highest BCUT2D eigenvalue weighted by molar-refractivity contribution is 6.31. The van der Waals surface area contributed by atoms with Crippen molar-refractivity contribution < 1.29 is 14.7 Å². The summed E-state index contributed by atoms with van der Waals surface area (Å²) in [5.41, 5.74) is 1.21. The highest BCUT2D eigenvalue weighted by Gasteiger charge is 2.18. The molecule has 4 rings (SSSR count). The smallest absolute Gasteiger partial charge is 0.255 e. The van der Waals surface area contributed by atoms with E-state index in [2.05, 4.69) is 25.6 Å². The molecule has 34 heavy (non-hydrogen) atoms. The van der Waals surface area contributed by atoms with Crippen LogP contribution in [0, 0.1) is 0 Å². The number of hydrogen-bond donors (Lipinski definition) is 3. The SMILES string of the molecule is C[C@H](O)CNc1nccc(-n2ccnc2C(=O)c2cccc(NC(=O)c3cccc(Cl)c3)c2)n1. The summed E-state index contributed by atoms with van der Waals surface area (Å²) in [6, 6.07) is 14.8. The first kappa shape index (κ1) is 23.1. The molecule has 0 radical (unpaired) electrons. The van der Waals surface area contributed by atoms with E-state index in [1.54, 1.807) is 78.5 Å². The molecule has 1 atom stereocenters. The summed E-state index contributed by atoms with van der Waals surface area (Å²) in [6.07, 6.45) is 4.11. The van der Waals surface area contributed by atoms with Crippen LogP contribution in [-0.2, 0) is 0 Å². The minimum Gasteiger partial charge on any atom is -0.392 e. The molecule has 3 N–H and O–H groups in total. The molecule has 0 spiro atoms. The van der Waals surface area contributed by atoms with E-state index in [4.69, 9.17) is 11.6 Å². The van der Waals surface area contributed by atoms with Crippen molar-refractivity contribution in [1.82, 2.24) is 19.5 Å². The van der Waals surface area contributed by atoms with Gasteiger partial charge in [0.25, 0.3) is 5.91 Å². The van der Waals surface area contributed by atoms with Gasteiger partial charge in [-0.15, -0.1) is 0 Å². The molecular weight excluding hydrogens is 456 g/mol. The zero-order valence-corrected chi connectivity index (χ0v) is 18.9. The number of rotatable bonds is 8. The summed E-state index contributed by atoms with van der Waals surface area (Å²) in [5, 5.41) is 15.6. The molecule has 0 saturated heterocycles. The summed E-state index contributed by atoms with van der Waals surface area (Å²) in [5.74, 6) is 0.219. The van der Waals surface area contributed by atoms with Gasteiger partial charge in [-0.3, -0.25) is 14.2 Å². The van der Waals surface area contributed by atoms with E-state index < -0.39 is 6.10 Å². The molecule has 0 bridgehead atoms. The monoisotopic (exact) mass is 476 g/mol. The lowest BCUT2D eigenvalue weighted by Gasteiger charge is -2.10. The fraction of sp³-hybridized carbons (Fsp3) is 0.125. The van der Waals surface area contributed by atoms with E-state index in [0.717, 1.165) is 0 Å². The number of aromatic nitrogens is 4. The number of aliphatic hydroxyl groups excluding tert-OH is 1. The van der Waals surface area contributed by atoms with E-state index >= 15 is 0 Å².